The first-order chi connectivity index (χ1) is 10.7. The van der Waals surface area contributed by atoms with Gasteiger partial charge in [-0.1, -0.05) is 24.3 Å². The third kappa shape index (κ3) is 1.69. The summed E-state index contributed by atoms with van der Waals surface area (Å²) < 4.78 is 1.78. The fourth-order valence-corrected chi connectivity index (χ4v) is 2.83. The summed E-state index contributed by atoms with van der Waals surface area (Å²) >= 11 is 0. The maximum absolute atomic E-state index is 6.37. The molecule has 0 aliphatic carbocycles. The number of rotatable bonds is 1. The molecule has 108 valence electrons. The molecule has 3 aromatic heterocycles. The standard InChI is InChI=1S/C17H15N5/c1-10-6-5-9-19-16(10)22-17-14(11(2)21-22)15(18)12-7-3-4-8-13(12)20-17/h3-9H,1-2H3,(H2,18,20). The Bertz CT molecular complexity index is 1020. The highest BCUT2D eigenvalue weighted by atomic mass is 15.3. The van der Waals surface area contributed by atoms with E-state index in [1.807, 2.05) is 50.2 Å². The summed E-state index contributed by atoms with van der Waals surface area (Å²) in [5, 5.41) is 6.46. The van der Waals surface area contributed by atoms with Crippen molar-refractivity contribution >= 4 is 27.6 Å². The molecule has 0 amide bonds. The molecule has 1 aromatic carbocycles. The number of fused-ring (bicyclic) bond motifs is 2. The Morgan fingerprint density at radius 1 is 1.05 bits per heavy atom. The zero-order valence-corrected chi connectivity index (χ0v) is 12.4. The second-order valence-corrected chi connectivity index (χ2v) is 5.38. The molecular formula is C17H15N5. The summed E-state index contributed by atoms with van der Waals surface area (Å²) in [7, 11) is 0. The SMILES string of the molecule is Cc1cccnc1-n1nc(C)c2c(N)c3ccccc3nc21. The van der Waals surface area contributed by atoms with Crippen LogP contribution in [0, 0.1) is 13.8 Å². The molecule has 0 atom stereocenters. The second-order valence-electron chi connectivity index (χ2n) is 5.38. The number of aromatic nitrogens is 4. The van der Waals surface area contributed by atoms with E-state index in [4.69, 9.17) is 10.7 Å². The van der Waals surface area contributed by atoms with Crippen LogP contribution < -0.4 is 5.73 Å². The number of aryl methyl sites for hydroxylation is 2. The Hall–Kier alpha value is -2.95. The molecule has 4 rings (SSSR count). The monoisotopic (exact) mass is 289 g/mol. The number of nitrogens with zero attached hydrogens (tertiary/aromatic N) is 4. The zero-order chi connectivity index (χ0) is 15.3. The summed E-state index contributed by atoms with van der Waals surface area (Å²) in [5.41, 5.74) is 10.6. The summed E-state index contributed by atoms with van der Waals surface area (Å²) in [6.45, 7) is 3.96. The molecule has 2 N–H and O–H groups in total. The Kier molecular flexibility index (Phi) is 2.63. The summed E-state index contributed by atoms with van der Waals surface area (Å²) in [6, 6.07) is 11.8. The molecule has 0 aliphatic heterocycles. The largest absolute Gasteiger partial charge is 0.398 e. The first kappa shape index (κ1) is 12.8. The molecule has 22 heavy (non-hydrogen) atoms. The van der Waals surface area contributed by atoms with E-state index in [1.165, 1.54) is 0 Å². The third-order valence-electron chi connectivity index (χ3n) is 3.91. The van der Waals surface area contributed by atoms with Gasteiger partial charge in [0.15, 0.2) is 11.5 Å². The van der Waals surface area contributed by atoms with Crippen LogP contribution in [0.1, 0.15) is 11.3 Å². The lowest BCUT2D eigenvalue weighted by atomic mass is 10.1. The highest BCUT2D eigenvalue weighted by Gasteiger charge is 2.17. The van der Waals surface area contributed by atoms with Gasteiger partial charge in [-0.2, -0.15) is 9.78 Å². The van der Waals surface area contributed by atoms with Crippen molar-refractivity contribution in [3.05, 3.63) is 53.9 Å². The Balaban J connectivity index is 2.16. The molecule has 0 aliphatic rings. The van der Waals surface area contributed by atoms with Crippen LogP contribution in [-0.2, 0) is 0 Å². The molecule has 0 fully saturated rings. The topological polar surface area (TPSA) is 69.6 Å². The van der Waals surface area contributed by atoms with Gasteiger partial charge in [-0.05, 0) is 31.5 Å². The van der Waals surface area contributed by atoms with Crippen LogP contribution in [0.15, 0.2) is 42.6 Å². The highest BCUT2D eigenvalue weighted by molar-refractivity contribution is 6.06. The lowest BCUT2D eigenvalue weighted by Gasteiger charge is -2.07. The third-order valence-corrected chi connectivity index (χ3v) is 3.91. The van der Waals surface area contributed by atoms with Gasteiger partial charge >= 0.3 is 0 Å². The van der Waals surface area contributed by atoms with Gasteiger partial charge in [-0.15, -0.1) is 0 Å². The summed E-state index contributed by atoms with van der Waals surface area (Å²) in [5.74, 6) is 0.780. The molecule has 0 radical (unpaired) electrons. The number of benzene rings is 1. The number of hydrogen-bond acceptors (Lipinski definition) is 4. The number of anilines is 1. The van der Waals surface area contributed by atoms with Crippen molar-refractivity contribution in [1.29, 1.82) is 0 Å². The maximum Gasteiger partial charge on any atom is 0.167 e. The Labute approximate surface area is 127 Å². The van der Waals surface area contributed by atoms with Crippen LogP contribution in [0.2, 0.25) is 0 Å². The Morgan fingerprint density at radius 2 is 1.86 bits per heavy atom. The van der Waals surface area contributed by atoms with Crippen LogP contribution in [0.25, 0.3) is 27.8 Å². The summed E-state index contributed by atoms with van der Waals surface area (Å²) in [6.07, 6.45) is 1.76. The number of para-hydroxylation sites is 1. The first-order valence-corrected chi connectivity index (χ1v) is 7.12. The van der Waals surface area contributed by atoms with Gasteiger partial charge in [0.2, 0.25) is 0 Å². The quantitative estimate of drug-likeness (QED) is 0.584. The number of nitrogen functional groups attached to an aromatic ring is 1. The fraction of sp³-hybridized carbons (Fsp3) is 0.118. The van der Waals surface area contributed by atoms with Gasteiger partial charge in [-0.25, -0.2) is 9.97 Å². The van der Waals surface area contributed by atoms with Crippen molar-refractivity contribution < 1.29 is 0 Å². The highest BCUT2D eigenvalue weighted by Crippen LogP contribution is 2.31. The van der Waals surface area contributed by atoms with Gasteiger partial charge in [0.1, 0.15) is 0 Å². The minimum absolute atomic E-state index is 0.720. The van der Waals surface area contributed by atoms with E-state index in [-0.39, 0.29) is 0 Å². The lowest BCUT2D eigenvalue weighted by molar-refractivity contribution is 0.840. The van der Waals surface area contributed by atoms with Crippen molar-refractivity contribution in [2.45, 2.75) is 13.8 Å². The van der Waals surface area contributed by atoms with Crippen LogP contribution in [0.4, 0.5) is 5.69 Å². The van der Waals surface area contributed by atoms with Gasteiger partial charge in [-0.3, -0.25) is 0 Å². The van der Waals surface area contributed by atoms with Crippen LogP contribution >= 0.6 is 0 Å². The Morgan fingerprint density at radius 3 is 2.68 bits per heavy atom. The number of hydrogen-bond donors (Lipinski definition) is 1. The normalized spacial score (nSPS) is 11.4. The molecule has 0 saturated heterocycles. The smallest absolute Gasteiger partial charge is 0.167 e. The van der Waals surface area contributed by atoms with E-state index in [9.17, 15) is 0 Å². The minimum atomic E-state index is 0.720. The molecule has 0 saturated carbocycles. The predicted octanol–water partition coefficient (Wildman–Crippen LogP) is 3.17. The van der Waals surface area contributed by atoms with Crippen molar-refractivity contribution in [2.24, 2.45) is 0 Å². The first-order valence-electron chi connectivity index (χ1n) is 7.12. The van der Waals surface area contributed by atoms with Gasteiger partial charge in [0.25, 0.3) is 0 Å². The average Bonchev–Trinajstić information content (AvgIpc) is 2.85. The van der Waals surface area contributed by atoms with E-state index in [0.29, 0.717) is 0 Å². The van der Waals surface area contributed by atoms with Crippen molar-refractivity contribution in [1.82, 2.24) is 19.7 Å². The summed E-state index contributed by atoms with van der Waals surface area (Å²) in [4.78, 5) is 9.20. The molecule has 0 bridgehead atoms. The van der Waals surface area contributed by atoms with Gasteiger partial charge in [0, 0.05) is 11.6 Å². The number of pyridine rings is 2. The van der Waals surface area contributed by atoms with Crippen molar-refractivity contribution in [2.75, 3.05) is 5.73 Å². The van der Waals surface area contributed by atoms with Crippen molar-refractivity contribution in [3.63, 3.8) is 0 Å². The minimum Gasteiger partial charge on any atom is -0.398 e. The van der Waals surface area contributed by atoms with Gasteiger partial charge in [0.05, 0.1) is 22.3 Å². The lowest BCUT2D eigenvalue weighted by Crippen LogP contribution is -2.03. The van der Waals surface area contributed by atoms with Crippen LogP contribution in [0.5, 0.6) is 0 Å². The molecule has 0 spiro atoms. The van der Waals surface area contributed by atoms with E-state index < -0.39 is 0 Å². The zero-order valence-electron chi connectivity index (χ0n) is 12.4. The fourth-order valence-electron chi connectivity index (χ4n) is 2.83. The van der Waals surface area contributed by atoms with Crippen molar-refractivity contribution in [3.8, 4) is 5.82 Å². The molecule has 5 nitrogen and oxygen atoms in total. The maximum atomic E-state index is 6.37. The van der Waals surface area contributed by atoms with Gasteiger partial charge < -0.3 is 5.73 Å². The molecule has 0 unspecified atom stereocenters. The van der Waals surface area contributed by atoms with E-state index in [2.05, 4.69) is 10.1 Å². The van der Waals surface area contributed by atoms with E-state index in [1.54, 1.807) is 10.9 Å². The van der Waals surface area contributed by atoms with Crippen LogP contribution in [0.3, 0.4) is 0 Å². The average molecular weight is 289 g/mol. The van der Waals surface area contributed by atoms with E-state index in [0.717, 1.165) is 44.7 Å². The molecule has 5 heteroatoms. The molecular weight excluding hydrogens is 274 g/mol. The van der Waals surface area contributed by atoms with E-state index >= 15 is 0 Å². The number of nitrogens with two attached hydrogens (primary N) is 1. The van der Waals surface area contributed by atoms with Crippen LogP contribution in [-0.4, -0.2) is 19.7 Å². The molecule has 3 heterocycles. The second kappa shape index (κ2) is 4.53. The molecule has 4 aromatic rings. The predicted molar refractivity (Wildman–Crippen MR) is 88.1 cm³/mol.